The van der Waals surface area contributed by atoms with Gasteiger partial charge in [-0.15, -0.1) is 0 Å². The molecular formula is C10H18NO9P. The number of phosphoric acid groups is 1. The first-order chi connectivity index (χ1) is 9.76. The SMILES string of the molecule is CC(=O)OCC(COP(=O)([O-])OC[NH2+]CC=O)OC(C)=O. The summed E-state index contributed by atoms with van der Waals surface area (Å²) in [5.41, 5.74) is 0. The third kappa shape index (κ3) is 12.2. The smallest absolute Gasteiger partial charge is 0.303 e. The standard InChI is InChI=1S/C10H18NO9P/c1-8(13)17-5-10(20-9(2)14)6-18-21(15,16)19-7-11-3-4-12/h4,10-11H,3,5-7H2,1-2H3,(H,15,16). The van der Waals surface area contributed by atoms with Crippen LogP contribution in [-0.4, -0.2) is 50.8 Å². The molecule has 0 aliphatic rings. The molecule has 2 N–H and O–H groups in total. The fourth-order valence-electron chi connectivity index (χ4n) is 1.05. The van der Waals surface area contributed by atoms with Crippen LogP contribution in [-0.2, 0) is 37.5 Å². The molecule has 2 unspecified atom stereocenters. The highest BCUT2D eigenvalue weighted by Gasteiger charge is 2.19. The molecule has 0 rings (SSSR count). The van der Waals surface area contributed by atoms with Crippen molar-refractivity contribution in [2.75, 3.05) is 26.5 Å². The van der Waals surface area contributed by atoms with Crippen LogP contribution in [0.4, 0.5) is 0 Å². The third-order valence-electron chi connectivity index (χ3n) is 1.84. The second-order valence-corrected chi connectivity index (χ2v) is 5.17. The van der Waals surface area contributed by atoms with Gasteiger partial charge in [-0.3, -0.25) is 23.5 Å². The van der Waals surface area contributed by atoms with E-state index in [2.05, 4.69) is 13.8 Å². The molecule has 0 aromatic rings. The Hall–Kier alpha value is -1.32. The molecule has 122 valence electrons. The summed E-state index contributed by atoms with van der Waals surface area (Å²) >= 11 is 0. The fraction of sp³-hybridized carbons (Fsp3) is 0.700. The molecule has 0 aliphatic heterocycles. The Morgan fingerprint density at radius 3 is 2.43 bits per heavy atom. The largest absolute Gasteiger partial charge is 0.756 e. The van der Waals surface area contributed by atoms with Gasteiger partial charge in [-0.05, 0) is 0 Å². The maximum absolute atomic E-state index is 11.3. The molecule has 0 aromatic heterocycles. The topological polar surface area (TPSA) is 145 Å². The Morgan fingerprint density at radius 2 is 1.90 bits per heavy atom. The van der Waals surface area contributed by atoms with E-state index in [4.69, 9.17) is 4.74 Å². The van der Waals surface area contributed by atoms with Gasteiger partial charge >= 0.3 is 11.9 Å². The number of aldehydes is 1. The number of hydrogen-bond donors (Lipinski definition) is 1. The molecule has 0 bridgehead atoms. The van der Waals surface area contributed by atoms with E-state index in [1.807, 2.05) is 0 Å². The maximum atomic E-state index is 11.3. The van der Waals surface area contributed by atoms with Gasteiger partial charge in [0.25, 0.3) is 7.82 Å². The zero-order valence-corrected chi connectivity index (χ0v) is 12.6. The van der Waals surface area contributed by atoms with Crippen molar-refractivity contribution in [2.45, 2.75) is 20.0 Å². The number of quaternary nitrogens is 1. The molecule has 0 fully saturated rings. The summed E-state index contributed by atoms with van der Waals surface area (Å²) < 4.78 is 29.6. The minimum Gasteiger partial charge on any atom is -0.756 e. The summed E-state index contributed by atoms with van der Waals surface area (Å²) in [4.78, 5) is 42.9. The number of esters is 2. The molecular weight excluding hydrogens is 309 g/mol. The monoisotopic (exact) mass is 327 g/mol. The molecule has 0 amide bonds. The zero-order chi connectivity index (χ0) is 16.3. The van der Waals surface area contributed by atoms with Crippen LogP contribution in [0.2, 0.25) is 0 Å². The lowest BCUT2D eigenvalue weighted by molar-refractivity contribution is -0.670. The van der Waals surface area contributed by atoms with Gasteiger partial charge in [0.2, 0.25) is 0 Å². The van der Waals surface area contributed by atoms with Gasteiger partial charge in [0.15, 0.2) is 19.1 Å². The van der Waals surface area contributed by atoms with Crippen molar-refractivity contribution in [1.29, 1.82) is 0 Å². The van der Waals surface area contributed by atoms with Crippen LogP contribution in [0.3, 0.4) is 0 Å². The minimum atomic E-state index is -4.61. The minimum absolute atomic E-state index is 0.0442. The third-order valence-corrected chi connectivity index (χ3v) is 2.77. The lowest BCUT2D eigenvalue weighted by Crippen LogP contribution is -2.85. The molecule has 0 heterocycles. The van der Waals surface area contributed by atoms with E-state index in [9.17, 15) is 23.8 Å². The highest BCUT2D eigenvalue weighted by Crippen LogP contribution is 2.37. The Labute approximate surface area is 121 Å². The summed E-state index contributed by atoms with van der Waals surface area (Å²) in [5, 5.41) is 1.29. The lowest BCUT2D eigenvalue weighted by Gasteiger charge is -2.24. The molecule has 21 heavy (non-hydrogen) atoms. The molecule has 0 spiro atoms. The predicted molar refractivity (Wildman–Crippen MR) is 64.6 cm³/mol. The second kappa shape index (κ2) is 10.4. The quantitative estimate of drug-likeness (QED) is 0.145. The Morgan fingerprint density at radius 1 is 1.24 bits per heavy atom. The Bertz CT molecular complexity index is 400. The van der Waals surface area contributed by atoms with E-state index in [-0.39, 0.29) is 19.9 Å². The van der Waals surface area contributed by atoms with Crippen LogP contribution >= 0.6 is 7.82 Å². The van der Waals surface area contributed by atoms with Crippen molar-refractivity contribution in [3.63, 3.8) is 0 Å². The van der Waals surface area contributed by atoms with Crippen molar-refractivity contribution in [3.05, 3.63) is 0 Å². The summed E-state index contributed by atoms with van der Waals surface area (Å²) in [5.74, 6) is -1.30. The van der Waals surface area contributed by atoms with Crippen LogP contribution in [0.1, 0.15) is 13.8 Å². The summed E-state index contributed by atoms with van der Waals surface area (Å²) in [6.45, 7) is 1.09. The number of nitrogens with two attached hydrogens (primary N) is 1. The van der Waals surface area contributed by atoms with Crippen molar-refractivity contribution in [2.24, 2.45) is 0 Å². The van der Waals surface area contributed by atoms with Crippen LogP contribution in [0.5, 0.6) is 0 Å². The number of carbonyl (C=O) groups excluding carboxylic acids is 3. The molecule has 2 atom stereocenters. The molecule has 10 nitrogen and oxygen atoms in total. The van der Waals surface area contributed by atoms with Gasteiger partial charge in [0.05, 0.1) is 6.61 Å². The number of hydrogen-bond acceptors (Lipinski definition) is 9. The molecule has 0 saturated heterocycles. The molecule has 0 aliphatic carbocycles. The van der Waals surface area contributed by atoms with Crippen LogP contribution in [0.25, 0.3) is 0 Å². The molecule has 0 radical (unpaired) electrons. The first kappa shape index (κ1) is 19.7. The van der Waals surface area contributed by atoms with Crippen LogP contribution < -0.4 is 10.2 Å². The van der Waals surface area contributed by atoms with E-state index >= 15 is 0 Å². The first-order valence-corrected chi connectivity index (χ1v) is 7.39. The maximum Gasteiger partial charge on any atom is 0.303 e. The average Bonchev–Trinajstić information content (AvgIpc) is 2.37. The first-order valence-electron chi connectivity index (χ1n) is 5.93. The molecule has 0 aromatic carbocycles. The summed E-state index contributed by atoms with van der Waals surface area (Å²) in [7, 11) is -4.61. The number of phosphoric ester groups is 1. The van der Waals surface area contributed by atoms with Crippen LogP contribution in [0.15, 0.2) is 0 Å². The summed E-state index contributed by atoms with van der Waals surface area (Å²) in [6.07, 6.45) is -0.494. The van der Waals surface area contributed by atoms with Crippen molar-refractivity contribution in [1.82, 2.24) is 0 Å². The van der Waals surface area contributed by atoms with Gasteiger partial charge in [0.1, 0.15) is 13.2 Å². The second-order valence-electron chi connectivity index (χ2n) is 3.76. The van der Waals surface area contributed by atoms with Crippen molar-refractivity contribution >= 4 is 26.0 Å². The highest BCUT2D eigenvalue weighted by molar-refractivity contribution is 7.45. The van der Waals surface area contributed by atoms with Gasteiger partial charge in [0, 0.05) is 13.8 Å². The van der Waals surface area contributed by atoms with Gasteiger partial charge in [-0.25, -0.2) is 0 Å². The van der Waals surface area contributed by atoms with Crippen molar-refractivity contribution in [3.8, 4) is 0 Å². The fourth-order valence-corrected chi connectivity index (χ4v) is 1.76. The van der Waals surface area contributed by atoms with E-state index in [0.717, 1.165) is 13.8 Å². The normalized spacial score (nSPS) is 14.8. The lowest BCUT2D eigenvalue weighted by atomic mass is 10.4. The van der Waals surface area contributed by atoms with Crippen molar-refractivity contribution < 1.29 is 47.7 Å². The van der Waals surface area contributed by atoms with Crippen LogP contribution in [0, 0.1) is 0 Å². The molecule has 11 heteroatoms. The van der Waals surface area contributed by atoms with Gasteiger partial charge in [-0.1, -0.05) is 0 Å². The Kier molecular flexibility index (Phi) is 9.76. The Balaban J connectivity index is 4.23. The average molecular weight is 327 g/mol. The molecule has 0 saturated carbocycles. The van der Waals surface area contributed by atoms with E-state index in [0.29, 0.717) is 6.29 Å². The summed E-state index contributed by atoms with van der Waals surface area (Å²) in [6, 6.07) is 0. The van der Waals surface area contributed by atoms with Gasteiger partial charge in [-0.2, -0.15) is 0 Å². The van der Waals surface area contributed by atoms with E-state index in [1.54, 1.807) is 0 Å². The number of carbonyl (C=O) groups is 3. The highest BCUT2D eigenvalue weighted by atomic mass is 31.2. The predicted octanol–water partition coefficient (Wildman–Crippen LogP) is -2.30. The zero-order valence-electron chi connectivity index (χ0n) is 11.7. The van der Waals surface area contributed by atoms with E-state index < -0.39 is 32.5 Å². The van der Waals surface area contributed by atoms with Gasteiger partial charge < -0.3 is 24.2 Å². The number of ether oxygens (including phenoxy) is 2. The van der Waals surface area contributed by atoms with E-state index in [1.165, 1.54) is 5.32 Å². The number of rotatable bonds is 11.